The van der Waals surface area contributed by atoms with Gasteiger partial charge in [-0.3, -0.25) is 0 Å². The zero-order valence-electron chi connectivity index (χ0n) is 10.9. The van der Waals surface area contributed by atoms with Crippen molar-refractivity contribution < 1.29 is 9.47 Å². The molecule has 0 unspecified atom stereocenters. The van der Waals surface area contributed by atoms with E-state index in [9.17, 15) is 0 Å². The number of thiocarbonyl (C=S) groups is 1. The summed E-state index contributed by atoms with van der Waals surface area (Å²) in [5, 5.41) is 0.574. The first kappa shape index (κ1) is 14.6. The van der Waals surface area contributed by atoms with Crippen molar-refractivity contribution in [2.75, 3.05) is 7.11 Å². The lowest BCUT2D eigenvalue weighted by Crippen LogP contribution is -2.09. The number of rotatable bonds is 5. The Balaban J connectivity index is 2.13. The molecule has 0 amide bonds. The van der Waals surface area contributed by atoms with E-state index in [1.807, 2.05) is 36.4 Å². The Morgan fingerprint density at radius 1 is 1.20 bits per heavy atom. The van der Waals surface area contributed by atoms with Gasteiger partial charge in [-0.15, -0.1) is 0 Å². The smallest absolute Gasteiger partial charge is 0.161 e. The summed E-state index contributed by atoms with van der Waals surface area (Å²) in [5.41, 5.74) is 7.16. The fourth-order valence-corrected chi connectivity index (χ4v) is 2.07. The van der Waals surface area contributed by atoms with Crippen molar-refractivity contribution in [2.24, 2.45) is 5.73 Å². The second-order valence-electron chi connectivity index (χ2n) is 4.11. The van der Waals surface area contributed by atoms with Gasteiger partial charge in [0.2, 0.25) is 0 Å². The molecule has 0 heterocycles. The quantitative estimate of drug-likeness (QED) is 0.858. The second-order valence-corrected chi connectivity index (χ2v) is 4.96. The van der Waals surface area contributed by atoms with E-state index in [-0.39, 0.29) is 0 Å². The SMILES string of the molecule is COc1ccccc1OCc1ccc(C(N)=S)cc1Cl. The van der Waals surface area contributed by atoms with Gasteiger partial charge in [-0.05, 0) is 18.2 Å². The molecule has 3 nitrogen and oxygen atoms in total. The van der Waals surface area contributed by atoms with Crippen LogP contribution in [0.1, 0.15) is 11.1 Å². The van der Waals surface area contributed by atoms with Crippen LogP contribution in [0.25, 0.3) is 0 Å². The van der Waals surface area contributed by atoms with Crippen LogP contribution in [0.5, 0.6) is 11.5 Å². The molecule has 0 atom stereocenters. The van der Waals surface area contributed by atoms with E-state index >= 15 is 0 Å². The highest BCUT2D eigenvalue weighted by atomic mass is 35.5. The topological polar surface area (TPSA) is 44.5 Å². The van der Waals surface area contributed by atoms with Crippen molar-refractivity contribution in [1.82, 2.24) is 0 Å². The summed E-state index contributed by atoms with van der Waals surface area (Å²) in [6.07, 6.45) is 0. The van der Waals surface area contributed by atoms with Crippen LogP contribution in [0, 0.1) is 0 Å². The maximum Gasteiger partial charge on any atom is 0.161 e. The Morgan fingerprint density at radius 2 is 1.90 bits per heavy atom. The fraction of sp³-hybridized carbons (Fsp3) is 0.133. The predicted molar refractivity (Wildman–Crippen MR) is 84.7 cm³/mol. The lowest BCUT2D eigenvalue weighted by molar-refractivity contribution is 0.284. The third-order valence-corrected chi connectivity index (χ3v) is 3.38. The zero-order chi connectivity index (χ0) is 14.5. The number of hydrogen-bond donors (Lipinski definition) is 1. The number of nitrogens with two attached hydrogens (primary N) is 1. The van der Waals surface area contributed by atoms with Crippen LogP contribution in [0.3, 0.4) is 0 Å². The molecule has 0 bridgehead atoms. The van der Waals surface area contributed by atoms with Gasteiger partial charge in [0.25, 0.3) is 0 Å². The van der Waals surface area contributed by atoms with Crippen molar-refractivity contribution in [3.05, 3.63) is 58.6 Å². The van der Waals surface area contributed by atoms with Crippen molar-refractivity contribution in [1.29, 1.82) is 0 Å². The van der Waals surface area contributed by atoms with Crippen LogP contribution in [0.4, 0.5) is 0 Å². The van der Waals surface area contributed by atoms with Gasteiger partial charge in [0, 0.05) is 16.1 Å². The lowest BCUT2D eigenvalue weighted by Gasteiger charge is -2.11. The van der Waals surface area contributed by atoms with Gasteiger partial charge in [0.15, 0.2) is 11.5 Å². The highest BCUT2D eigenvalue weighted by Gasteiger charge is 2.07. The van der Waals surface area contributed by atoms with Gasteiger partial charge in [-0.1, -0.05) is 48.1 Å². The molecule has 5 heteroatoms. The molecule has 0 aromatic heterocycles. The molecule has 0 aliphatic carbocycles. The molecule has 0 saturated carbocycles. The standard InChI is InChI=1S/C15H14ClNO2S/c1-18-13-4-2-3-5-14(13)19-9-11-7-6-10(15(17)20)8-12(11)16/h2-8H,9H2,1H3,(H2,17,20). The van der Waals surface area contributed by atoms with Crippen molar-refractivity contribution in [2.45, 2.75) is 6.61 Å². The first-order valence-electron chi connectivity index (χ1n) is 5.96. The molecule has 2 aromatic carbocycles. The number of para-hydroxylation sites is 2. The van der Waals surface area contributed by atoms with Gasteiger partial charge in [-0.25, -0.2) is 0 Å². The molecule has 0 aliphatic rings. The van der Waals surface area contributed by atoms with Gasteiger partial charge in [0.05, 0.1) is 7.11 Å². The van der Waals surface area contributed by atoms with E-state index in [2.05, 4.69) is 0 Å². The molecule has 2 rings (SSSR count). The van der Waals surface area contributed by atoms with Crippen LogP contribution >= 0.6 is 23.8 Å². The minimum atomic E-state index is 0.323. The normalized spacial score (nSPS) is 10.1. The monoisotopic (exact) mass is 307 g/mol. The third kappa shape index (κ3) is 3.40. The minimum absolute atomic E-state index is 0.323. The molecule has 2 N–H and O–H groups in total. The Labute approximate surface area is 128 Å². The van der Waals surface area contributed by atoms with Crippen LogP contribution in [0.15, 0.2) is 42.5 Å². The molecule has 0 radical (unpaired) electrons. The lowest BCUT2D eigenvalue weighted by atomic mass is 10.1. The van der Waals surface area contributed by atoms with E-state index in [0.717, 1.165) is 11.1 Å². The highest BCUT2D eigenvalue weighted by Crippen LogP contribution is 2.27. The summed E-state index contributed by atoms with van der Waals surface area (Å²) in [5.74, 6) is 1.35. The molecule has 104 valence electrons. The van der Waals surface area contributed by atoms with Crippen LogP contribution < -0.4 is 15.2 Å². The summed E-state index contributed by atoms with van der Waals surface area (Å²) in [4.78, 5) is 0.323. The van der Waals surface area contributed by atoms with Crippen molar-refractivity contribution in [3.8, 4) is 11.5 Å². The van der Waals surface area contributed by atoms with Crippen molar-refractivity contribution >= 4 is 28.8 Å². The first-order valence-corrected chi connectivity index (χ1v) is 6.74. The molecular formula is C15H14ClNO2S. The minimum Gasteiger partial charge on any atom is -0.493 e. The number of methoxy groups -OCH3 is 1. The summed E-state index contributed by atoms with van der Waals surface area (Å²) in [6, 6.07) is 12.9. The van der Waals surface area contributed by atoms with Crippen molar-refractivity contribution in [3.63, 3.8) is 0 Å². The second kappa shape index (κ2) is 6.59. The molecule has 0 aliphatic heterocycles. The van der Waals surface area contributed by atoms with E-state index < -0.39 is 0 Å². The van der Waals surface area contributed by atoms with Crippen LogP contribution in [0.2, 0.25) is 5.02 Å². The van der Waals surface area contributed by atoms with E-state index in [1.165, 1.54) is 0 Å². The first-order chi connectivity index (χ1) is 9.61. The zero-order valence-corrected chi connectivity index (χ0v) is 12.5. The summed E-state index contributed by atoms with van der Waals surface area (Å²) >= 11 is 11.1. The van der Waals surface area contributed by atoms with E-state index in [1.54, 1.807) is 13.2 Å². The Hall–Kier alpha value is -1.78. The Morgan fingerprint density at radius 3 is 2.50 bits per heavy atom. The molecule has 0 spiro atoms. The molecule has 20 heavy (non-hydrogen) atoms. The van der Waals surface area contributed by atoms with Gasteiger partial charge in [-0.2, -0.15) is 0 Å². The Bertz CT molecular complexity index is 631. The summed E-state index contributed by atoms with van der Waals surface area (Å²) in [6.45, 7) is 0.344. The summed E-state index contributed by atoms with van der Waals surface area (Å²) < 4.78 is 10.9. The van der Waals surface area contributed by atoms with Crippen LogP contribution in [-0.4, -0.2) is 12.1 Å². The third-order valence-electron chi connectivity index (χ3n) is 2.79. The fourth-order valence-electron chi connectivity index (χ4n) is 1.71. The molecular weight excluding hydrogens is 294 g/mol. The summed E-state index contributed by atoms with van der Waals surface area (Å²) in [7, 11) is 1.60. The molecule has 0 saturated heterocycles. The number of halogens is 1. The highest BCUT2D eigenvalue weighted by molar-refractivity contribution is 7.80. The average Bonchev–Trinajstić information content (AvgIpc) is 2.46. The maximum absolute atomic E-state index is 6.19. The molecule has 2 aromatic rings. The van der Waals surface area contributed by atoms with Gasteiger partial charge < -0.3 is 15.2 Å². The maximum atomic E-state index is 6.19. The largest absolute Gasteiger partial charge is 0.493 e. The van der Waals surface area contributed by atoms with Gasteiger partial charge in [0.1, 0.15) is 11.6 Å². The predicted octanol–water partition coefficient (Wildman–Crippen LogP) is 3.56. The number of hydrogen-bond acceptors (Lipinski definition) is 3. The van der Waals surface area contributed by atoms with Gasteiger partial charge >= 0.3 is 0 Å². The van der Waals surface area contributed by atoms with Crippen LogP contribution in [-0.2, 0) is 6.61 Å². The van der Waals surface area contributed by atoms with E-state index in [4.69, 9.17) is 39.0 Å². The average molecular weight is 308 g/mol. The number of ether oxygens (including phenoxy) is 2. The number of benzene rings is 2. The molecule has 0 fully saturated rings. The van der Waals surface area contributed by atoms with E-state index in [0.29, 0.717) is 28.1 Å². The Kier molecular flexibility index (Phi) is 4.82.